The van der Waals surface area contributed by atoms with Crippen molar-refractivity contribution in [3.63, 3.8) is 0 Å². The summed E-state index contributed by atoms with van der Waals surface area (Å²) in [6, 6.07) is 0.176. The second kappa shape index (κ2) is 6.02. The highest BCUT2D eigenvalue weighted by molar-refractivity contribution is 9.11. The van der Waals surface area contributed by atoms with Gasteiger partial charge in [0.25, 0.3) is 0 Å². The zero-order valence-corrected chi connectivity index (χ0v) is 8.63. The van der Waals surface area contributed by atoms with Crippen LogP contribution in [0.3, 0.4) is 0 Å². The molecule has 0 aromatic heterocycles. The zero-order valence-electron chi connectivity index (χ0n) is 7.05. The number of hydrogen-bond donors (Lipinski definition) is 3. The molecule has 0 aromatic carbocycles. The van der Waals surface area contributed by atoms with E-state index in [0.29, 0.717) is 13.0 Å². The molecule has 1 unspecified atom stereocenters. The summed E-state index contributed by atoms with van der Waals surface area (Å²) in [5, 5.41) is 14.3. The van der Waals surface area contributed by atoms with E-state index in [4.69, 9.17) is 10.9 Å². The van der Waals surface area contributed by atoms with E-state index in [0.717, 1.165) is 4.48 Å². The van der Waals surface area contributed by atoms with Gasteiger partial charge in [-0.15, -0.1) is 0 Å². The largest absolute Gasteiger partial charge is 0.409 e. The van der Waals surface area contributed by atoms with E-state index < -0.39 is 0 Å². The van der Waals surface area contributed by atoms with Crippen LogP contribution >= 0.6 is 15.9 Å². The lowest BCUT2D eigenvalue weighted by Gasteiger charge is -2.11. The molecule has 0 fully saturated rings. The van der Waals surface area contributed by atoms with Crippen LogP contribution in [-0.4, -0.2) is 23.6 Å². The highest BCUT2D eigenvalue weighted by Crippen LogP contribution is 1.99. The molecule has 0 spiro atoms. The van der Waals surface area contributed by atoms with E-state index in [1.807, 2.05) is 6.92 Å². The molecule has 0 radical (unpaired) electrons. The quantitative estimate of drug-likeness (QED) is 0.289. The van der Waals surface area contributed by atoms with E-state index in [-0.39, 0.29) is 11.9 Å². The van der Waals surface area contributed by atoms with Crippen molar-refractivity contribution in [1.29, 1.82) is 0 Å². The Bertz CT molecular complexity index is 181. The molecule has 0 saturated carbocycles. The number of oxime groups is 1. The fourth-order valence-corrected chi connectivity index (χ4v) is 0.874. The van der Waals surface area contributed by atoms with Crippen LogP contribution in [0.4, 0.5) is 0 Å². The maximum absolute atomic E-state index is 8.27. The van der Waals surface area contributed by atoms with Gasteiger partial charge in [0.15, 0.2) is 0 Å². The van der Waals surface area contributed by atoms with Crippen LogP contribution in [0.25, 0.3) is 0 Å². The Labute approximate surface area is 80.6 Å². The highest BCUT2D eigenvalue weighted by atomic mass is 79.9. The van der Waals surface area contributed by atoms with Crippen LogP contribution in [0.1, 0.15) is 13.3 Å². The highest BCUT2D eigenvalue weighted by Gasteiger charge is 2.03. The van der Waals surface area contributed by atoms with E-state index in [2.05, 4.69) is 33.0 Å². The summed E-state index contributed by atoms with van der Waals surface area (Å²) < 4.78 is 0.883. The molecule has 12 heavy (non-hydrogen) atoms. The van der Waals surface area contributed by atoms with Crippen LogP contribution < -0.4 is 11.1 Å². The lowest BCUT2D eigenvalue weighted by atomic mass is 10.2. The Balaban J connectivity index is 3.59. The fraction of sp³-hybridized carbons (Fsp3) is 0.571. The summed E-state index contributed by atoms with van der Waals surface area (Å²) in [5.41, 5.74) is 5.31. The van der Waals surface area contributed by atoms with Gasteiger partial charge < -0.3 is 16.3 Å². The molecular weight excluding hydrogens is 222 g/mol. The Morgan fingerprint density at radius 2 is 2.42 bits per heavy atom. The maximum atomic E-state index is 8.27. The van der Waals surface area contributed by atoms with E-state index in [9.17, 15) is 0 Å². The molecule has 0 bridgehead atoms. The molecule has 0 saturated heterocycles. The first-order valence-corrected chi connectivity index (χ1v) is 4.38. The Kier molecular flexibility index (Phi) is 5.74. The normalized spacial score (nSPS) is 14.3. The van der Waals surface area contributed by atoms with Crippen LogP contribution in [-0.2, 0) is 0 Å². The van der Waals surface area contributed by atoms with Crippen molar-refractivity contribution in [2.45, 2.75) is 19.4 Å². The number of hydrogen-bond acceptors (Lipinski definition) is 3. The van der Waals surface area contributed by atoms with Crippen LogP contribution in [0.2, 0.25) is 0 Å². The van der Waals surface area contributed by atoms with Gasteiger partial charge in [0.1, 0.15) is 5.84 Å². The second-order valence-electron chi connectivity index (χ2n) is 2.59. The Morgan fingerprint density at radius 1 is 1.83 bits per heavy atom. The number of halogens is 1. The first kappa shape index (κ1) is 11.4. The molecule has 0 aliphatic heterocycles. The molecule has 0 aliphatic rings. The molecule has 0 heterocycles. The molecule has 70 valence electrons. The third-order valence-electron chi connectivity index (χ3n) is 1.29. The molecule has 4 N–H and O–H groups in total. The van der Waals surface area contributed by atoms with Gasteiger partial charge in [-0.05, 0) is 6.92 Å². The number of nitrogens with two attached hydrogens (primary N) is 1. The van der Waals surface area contributed by atoms with Crippen molar-refractivity contribution in [2.75, 3.05) is 6.54 Å². The minimum Gasteiger partial charge on any atom is -0.409 e. The molecule has 0 aromatic rings. The first-order chi connectivity index (χ1) is 5.56. The standard InChI is InChI=1S/C7H14BrN3O/c1-5(8)4-10-6(2)3-7(9)11-12/h6,10,12H,1,3-4H2,2H3,(H2,9,11). The van der Waals surface area contributed by atoms with Gasteiger partial charge in [-0.2, -0.15) is 0 Å². The Morgan fingerprint density at radius 3 is 2.83 bits per heavy atom. The first-order valence-electron chi connectivity index (χ1n) is 3.59. The summed E-state index contributed by atoms with van der Waals surface area (Å²) in [6.07, 6.45) is 0.525. The third-order valence-corrected chi connectivity index (χ3v) is 1.57. The summed E-state index contributed by atoms with van der Waals surface area (Å²) in [4.78, 5) is 0. The van der Waals surface area contributed by atoms with Crippen molar-refractivity contribution in [3.05, 3.63) is 11.1 Å². The van der Waals surface area contributed by atoms with Gasteiger partial charge in [-0.3, -0.25) is 0 Å². The monoisotopic (exact) mass is 235 g/mol. The zero-order chi connectivity index (χ0) is 9.56. The molecule has 1 atom stereocenters. The average Bonchev–Trinajstić information content (AvgIpc) is 2.00. The SMILES string of the molecule is C=C(Br)CNC(C)CC(N)=NO. The topological polar surface area (TPSA) is 70.6 Å². The number of amidine groups is 1. The predicted octanol–water partition coefficient (Wildman–Crippen LogP) is 1.01. The molecule has 4 nitrogen and oxygen atoms in total. The summed E-state index contributed by atoms with van der Waals surface area (Å²) in [5.74, 6) is 0.232. The van der Waals surface area contributed by atoms with Crippen molar-refractivity contribution in [1.82, 2.24) is 5.32 Å². The van der Waals surface area contributed by atoms with Crippen molar-refractivity contribution in [2.24, 2.45) is 10.9 Å². The number of rotatable bonds is 5. The second-order valence-corrected chi connectivity index (χ2v) is 3.72. The summed E-state index contributed by atoms with van der Waals surface area (Å²) in [6.45, 7) is 6.30. The lowest BCUT2D eigenvalue weighted by molar-refractivity contribution is 0.316. The molecule has 0 aliphatic carbocycles. The molecule has 0 rings (SSSR count). The van der Waals surface area contributed by atoms with Gasteiger partial charge in [0.2, 0.25) is 0 Å². The predicted molar refractivity (Wildman–Crippen MR) is 53.6 cm³/mol. The third kappa shape index (κ3) is 6.18. The van der Waals surface area contributed by atoms with Gasteiger partial charge >= 0.3 is 0 Å². The van der Waals surface area contributed by atoms with E-state index >= 15 is 0 Å². The maximum Gasteiger partial charge on any atom is 0.140 e. The smallest absolute Gasteiger partial charge is 0.140 e. The molecule has 5 heteroatoms. The van der Waals surface area contributed by atoms with E-state index in [1.165, 1.54) is 0 Å². The van der Waals surface area contributed by atoms with Gasteiger partial charge in [-0.1, -0.05) is 27.7 Å². The Hall–Kier alpha value is -0.550. The lowest BCUT2D eigenvalue weighted by Crippen LogP contribution is -2.31. The fourth-order valence-electron chi connectivity index (χ4n) is 0.712. The van der Waals surface area contributed by atoms with Crippen LogP contribution in [0, 0.1) is 0 Å². The molecule has 0 amide bonds. The van der Waals surface area contributed by atoms with Crippen molar-refractivity contribution in [3.8, 4) is 0 Å². The number of nitrogens with zero attached hydrogens (tertiary/aromatic N) is 1. The van der Waals surface area contributed by atoms with Crippen LogP contribution in [0.5, 0.6) is 0 Å². The van der Waals surface area contributed by atoms with Crippen molar-refractivity contribution >= 4 is 21.8 Å². The van der Waals surface area contributed by atoms with Gasteiger partial charge in [0.05, 0.1) is 0 Å². The van der Waals surface area contributed by atoms with E-state index in [1.54, 1.807) is 0 Å². The average molecular weight is 236 g/mol. The van der Waals surface area contributed by atoms with Gasteiger partial charge in [0, 0.05) is 23.5 Å². The molecular formula is C7H14BrN3O. The van der Waals surface area contributed by atoms with Crippen LogP contribution in [0.15, 0.2) is 16.2 Å². The van der Waals surface area contributed by atoms with Crippen molar-refractivity contribution < 1.29 is 5.21 Å². The minimum atomic E-state index is 0.176. The summed E-state index contributed by atoms with van der Waals surface area (Å²) in [7, 11) is 0. The van der Waals surface area contributed by atoms with Gasteiger partial charge in [-0.25, -0.2) is 0 Å². The summed E-state index contributed by atoms with van der Waals surface area (Å²) >= 11 is 3.22. The minimum absolute atomic E-state index is 0.176. The number of nitrogens with one attached hydrogen (secondary N) is 1.